The van der Waals surface area contributed by atoms with E-state index in [0.29, 0.717) is 18.2 Å². The maximum absolute atomic E-state index is 6.53. The van der Waals surface area contributed by atoms with Gasteiger partial charge in [0.1, 0.15) is 11.2 Å². The highest BCUT2D eigenvalue weighted by Gasteiger charge is 2.19. The van der Waals surface area contributed by atoms with Crippen LogP contribution < -0.4 is 0 Å². The average molecular weight is 642 g/mol. The normalized spacial score (nSPS) is 12.4. The molecule has 0 fully saturated rings. The van der Waals surface area contributed by atoms with Crippen molar-refractivity contribution >= 4 is 72.6 Å². The molecule has 0 radical (unpaired) electrons. The smallest absolute Gasteiger partial charge is 0.161 e. The Morgan fingerprint density at radius 1 is 0.540 bits per heavy atom. The van der Waals surface area contributed by atoms with Crippen LogP contribution in [-0.4, -0.2) is 18.4 Å². The van der Waals surface area contributed by atoms with Gasteiger partial charge in [0.05, 0.1) is 6.54 Å². The first-order chi connectivity index (χ1) is 24.7. The van der Waals surface area contributed by atoms with Gasteiger partial charge < -0.3 is 4.42 Å². The van der Waals surface area contributed by atoms with Crippen LogP contribution in [0.4, 0.5) is 0 Å². The number of fused-ring (bicyclic) bond motifs is 7. The standard InChI is InChI=1S/C46H31N3O/c1-47-46(40-26-25-38(32-12-3-2-4-13-32)44-43(40)39-17-9-10-18-42(39)50-44)49-45(36-24-21-31-11-5-6-15-35(31)28-36)48-29-30-19-20-34-23-22-33-14-7-8-16-37(33)41(34)27-30/h2-28H,1,29H2. The van der Waals surface area contributed by atoms with E-state index in [2.05, 4.69) is 139 Å². The molecule has 9 aromatic rings. The largest absolute Gasteiger partial charge is 0.455 e. The summed E-state index contributed by atoms with van der Waals surface area (Å²) < 4.78 is 6.53. The molecule has 50 heavy (non-hydrogen) atoms. The Labute approximate surface area is 289 Å². The van der Waals surface area contributed by atoms with Crippen LogP contribution in [0, 0.1) is 0 Å². The zero-order valence-electron chi connectivity index (χ0n) is 27.3. The third kappa shape index (κ3) is 5.24. The van der Waals surface area contributed by atoms with E-state index < -0.39 is 0 Å². The highest BCUT2D eigenvalue weighted by atomic mass is 16.3. The SMILES string of the molecule is C=NC(=NC(=NCc1ccc2ccc3ccccc3c2c1)c1ccc2ccccc2c1)c1ccc(-c2ccccc2)c2oc3ccccc3c12. The average Bonchev–Trinajstić information content (AvgIpc) is 3.58. The van der Waals surface area contributed by atoms with Crippen LogP contribution >= 0.6 is 0 Å². The van der Waals surface area contributed by atoms with Crippen molar-refractivity contribution < 1.29 is 4.42 Å². The molecule has 4 heteroatoms. The molecule has 0 spiro atoms. The Morgan fingerprint density at radius 3 is 2.06 bits per heavy atom. The second-order valence-corrected chi connectivity index (χ2v) is 12.5. The first-order valence-electron chi connectivity index (χ1n) is 16.7. The van der Waals surface area contributed by atoms with Gasteiger partial charge >= 0.3 is 0 Å². The Balaban J connectivity index is 1.22. The topological polar surface area (TPSA) is 50.2 Å². The number of furan rings is 1. The van der Waals surface area contributed by atoms with Gasteiger partial charge in [-0.2, -0.15) is 0 Å². The maximum atomic E-state index is 6.53. The number of para-hydroxylation sites is 1. The number of rotatable bonds is 5. The summed E-state index contributed by atoms with van der Waals surface area (Å²) in [6.45, 7) is 4.45. The molecule has 236 valence electrons. The summed E-state index contributed by atoms with van der Waals surface area (Å²) in [6, 6.07) is 56.7. The van der Waals surface area contributed by atoms with Crippen LogP contribution in [0.25, 0.3) is 65.4 Å². The number of benzene rings is 8. The fourth-order valence-electron chi connectivity index (χ4n) is 6.97. The quantitative estimate of drug-likeness (QED) is 0.105. The van der Waals surface area contributed by atoms with Gasteiger partial charge in [0.2, 0.25) is 0 Å². The van der Waals surface area contributed by atoms with Crippen molar-refractivity contribution in [3.63, 3.8) is 0 Å². The van der Waals surface area contributed by atoms with Gasteiger partial charge in [-0.1, -0.05) is 133 Å². The Morgan fingerprint density at radius 2 is 1.22 bits per heavy atom. The fraction of sp³-hybridized carbons (Fsp3) is 0.0217. The summed E-state index contributed by atoms with van der Waals surface area (Å²) in [5, 5.41) is 9.11. The molecule has 0 aliphatic carbocycles. The van der Waals surface area contributed by atoms with Crippen molar-refractivity contribution in [2.45, 2.75) is 6.54 Å². The molecule has 4 nitrogen and oxygen atoms in total. The van der Waals surface area contributed by atoms with E-state index in [1.165, 1.54) is 21.5 Å². The molecule has 9 rings (SSSR count). The minimum absolute atomic E-state index is 0.451. The zero-order valence-corrected chi connectivity index (χ0v) is 27.3. The molecule has 1 heterocycles. The summed E-state index contributed by atoms with van der Waals surface area (Å²) >= 11 is 0. The number of hydrogen-bond donors (Lipinski definition) is 0. The first kappa shape index (κ1) is 29.5. The predicted octanol–water partition coefficient (Wildman–Crippen LogP) is 11.8. The van der Waals surface area contributed by atoms with Gasteiger partial charge in [0, 0.05) is 27.5 Å². The lowest BCUT2D eigenvalue weighted by molar-refractivity contribution is 0.670. The van der Waals surface area contributed by atoms with Crippen molar-refractivity contribution in [3.05, 3.63) is 180 Å². The molecule has 0 aliphatic heterocycles. The van der Waals surface area contributed by atoms with Crippen LogP contribution in [0.2, 0.25) is 0 Å². The number of nitrogens with zero attached hydrogens (tertiary/aromatic N) is 3. The second kappa shape index (κ2) is 12.4. The molecule has 0 aliphatic rings. The van der Waals surface area contributed by atoms with E-state index in [-0.39, 0.29) is 0 Å². The molecule has 0 saturated heterocycles. The van der Waals surface area contributed by atoms with Crippen LogP contribution in [0.15, 0.2) is 183 Å². The monoisotopic (exact) mass is 641 g/mol. The summed E-state index contributed by atoms with van der Waals surface area (Å²) in [6.07, 6.45) is 0. The van der Waals surface area contributed by atoms with Crippen LogP contribution in [-0.2, 0) is 6.54 Å². The molecular weight excluding hydrogens is 611 g/mol. The molecular formula is C46H31N3O. The van der Waals surface area contributed by atoms with Crippen LogP contribution in [0.5, 0.6) is 0 Å². The summed E-state index contributed by atoms with van der Waals surface area (Å²) in [5.74, 6) is 1.07. The lowest BCUT2D eigenvalue weighted by Crippen LogP contribution is -2.06. The van der Waals surface area contributed by atoms with E-state index in [4.69, 9.17) is 14.4 Å². The van der Waals surface area contributed by atoms with Crippen molar-refractivity contribution in [2.75, 3.05) is 0 Å². The fourth-order valence-corrected chi connectivity index (χ4v) is 6.97. The Kier molecular flexibility index (Phi) is 7.33. The van der Waals surface area contributed by atoms with Gasteiger partial charge in [0.25, 0.3) is 0 Å². The minimum Gasteiger partial charge on any atom is -0.455 e. The minimum atomic E-state index is 0.451. The third-order valence-corrected chi connectivity index (χ3v) is 9.44. The van der Waals surface area contributed by atoms with Crippen molar-refractivity contribution in [2.24, 2.45) is 15.0 Å². The van der Waals surface area contributed by atoms with Crippen molar-refractivity contribution in [1.29, 1.82) is 0 Å². The predicted molar refractivity (Wildman–Crippen MR) is 211 cm³/mol. The van der Waals surface area contributed by atoms with E-state index in [1.54, 1.807) is 0 Å². The number of hydrogen-bond acceptors (Lipinski definition) is 2. The van der Waals surface area contributed by atoms with E-state index >= 15 is 0 Å². The van der Waals surface area contributed by atoms with Crippen LogP contribution in [0.1, 0.15) is 16.7 Å². The molecule has 0 amide bonds. The van der Waals surface area contributed by atoms with Crippen LogP contribution in [0.3, 0.4) is 0 Å². The van der Waals surface area contributed by atoms with E-state index in [0.717, 1.165) is 60.5 Å². The van der Waals surface area contributed by atoms with Gasteiger partial charge in [-0.15, -0.1) is 0 Å². The Hall–Kier alpha value is -6.65. The molecule has 0 atom stereocenters. The van der Waals surface area contributed by atoms with Gasteiger partial charge in [0.15, 0.2) is 11.7 Å². The molecule has 0 N–H and O–H groups in total. The molecule has 0 unspecified atom stereocenters. The lowest BCUT2D eigenvalue weighted by atomic mass is 9.98. The van der Waals surface area contributed by atoms with E-state index in [1.807, 2.05) is 36.4 Å². The summed E-state index contributed by atoms with van der Waals surface area (Å²) in [4.78, 5) is 14.9. The van der Waals surface area contributed by atoms with Crippen molar-refractivity contribution in [3.8, 4) is 11.1 Å². The lowest BCUT2D eigenvalue weighted by Gasteiger charge is -2.10. The highest BCUT2D eigenvalue weighted by Crippen LogP contribution is 2.38. The van der Waals surface area contributed by atoms with Gasteiger partial charge in [-0.3, -0.25) is 4.99 Å². The number of amidine groups is 2. The molecule has 0 saturated carbocycles. The van der Waals surface area contributed by atoms with E-state index in [9.17, 15) is 0 Å². The summed E-state index contributed by atoms with van der Waals surface area (Å²) in [5.41, 5.74) is 6.54. The molecule has 0 bridgehead atoms. The summed E-state index contributed by atoms with van der Waals surface area (Å²) in [7, 11) is 0. The third-order valence-electron chi connectivity index (χ3n) is 9.44. The number of aliphatic imine (C=N–C) groups is 3. The van der Waals surface area contributed by atoms with Crippen molar-refractivity contribution in [1.82, 2.24) is 0 Å². The van der Waals surface area contributed by atoms with Gasteiger partial charge in [-0.25, -0.2) is 9.98 Å². The zero-order chi connectivity index (χ0) is 33.4. The molecule has 8 aromatic carbocycles. The first-order valence-corrected chi connectivity index (χ1v) is 16.7. The van der Waals surface area contributed by atoms with Gasteiger partial charge in [-0.05, 0) is 80.5 Å². The molecule has 1 aromatic heterocycles. The Bertz CT molecular complexity index is 2810. The second-order valence-electron chi connectivity index (χ2n) is 12.5. The highest BCUT2D eigenvalue weighted by molar-refractivity contribution is 6.23. The maximum Gasteiger partial charge on any atom is 0.161 e.